The molecule has 1 fully saturated rings. The van der Waals surface area contributed by atoms with Crippen LogP contribution in [0.25, 0.3) is 0 Å². The van der Waals surface area contributed by atoms with Gasteiger partial charge in [-0.1, -0.05) is 0 Å². The van der Waals surface area contributed by atoms with Crippen molar-refractivity contribution < 1.29 is 19.4 Å². The highest BCUT2D eigenvalue weighted by Gasteiger charge is 2.34. The van der Waals surface area contributed by atoms with Gasteiger partial charge in [-0.15, -0.1) is 0 Å². The molecule has 4 nitrogen and oxygen atoms in total. The normalized spacial score (nSPS) is 34.7. The van der Waals surface area contributed by atoms with Crippen molar-refractivity contribution >= 4 is 5.97 Å². The van der Waals surface area contributed by atoms with E-state index < -0.39 is 18.2 Å². The van der Waals surface area contributed by atoms with Gasteiger partial charge in [-0.05, 0) is 0 Å². The maximum absolute atomic E-state index is 10.4. The van der Waals surface area contributed by atoms with E-state index in [1.807, 2.05) is 0 Å². The van der Waals surface area contributed by atoms with Crippen LogP contribution in [0.15, 0.2) is 0 Å². The van der Waals surface area contributed by atoms with Gasteiger partial charge in [0.25, 0.3) is 0 Å². The Morgan fingerprint density at radius 3 is 2.78 bits per heavy atom. The van der Waals surface area contributed by atoms with Gasteiger partial charge in [0.15, 0.2) is 6.10 Å². The van der Waals surface area contributed by atoms with Gasteiger partial charge in [0.05, 0.1) is 0 Å². The zero-order valence-corrected chi connectivity index (χ0v) is 5.03. The fourth-order valence-corrected chi connectivity index (χ4v) is 0.690. The predicted octanol–water partition coefficient (Wildman–Crippen LogP) is -1.08. The van der Waals surface area contributed by atoms with Crippen molar-refractivity contribution in [3.8, 4) is 0 Å². The van der Waals surface area contributed by atoms with Crippen LogP contribution in [-0.2, 0) is 14.3 Å². The summed E-state index contributed by atoms with van der Waals surface area (Å²) in [5, 5.41) is 8.86. The zero-order valence-electron chi connectivity index (χ0n) is 5.03. The molecule has 0 aromatic rings. The molecule has 9 heavy (non-hydrogen) atoms. The second-order valence-corrected chi connectivity index (χ2v) is 1.85. The molecule has 0 aromatic heterocycles. The van der Waals surface area contributed by atoms with Crippen LogP contribution in [0.2, 0.25) is 0 Å². The molecule has 2 atom stereocenters. The Bertz CT molecular complexity index is 122. The molecule has 52 valence electrons. The molecular formula is C5H8O4. The number of aliphatic hydroxyl groups is 1. The number of hydrogen-bond donors (Lipinski definition) is 1. The lowest BCUT2D eigenvalue weighted by molar-refractivity contribution is -0.145. The van der Waals surface area contributed by atoms with Gasteiger partial charge < -0.3 is 14.6 Å². The van der Waals surface area contributed by atoms with Gasteiger partial charge in [-0.3, -0.25) is 0 Å². The number of carbonyl (C=O) groups is 1. The average Bonchev–Trinajstić information content (AvgIpc) is 2.15. The zero-order chi connectivity index (χ0) is 6.85. The number of carbonyl (C=O) groups excluding carboxylic acids is 1. The summed E-state index contributed by atoms with van der Waals surface area (Å²) in [6, 6.07) is 0. The number of aliphatic hydroxyl groups excluding tert-OH is 1. The molecule has 0 saturated carbocycles. The molecule has 1 heterocycles. The summed E-state index contributed by atoms with van der Waals surface area (Å²) in [7, 11) is 1.43. The number of esters is 1. The van der Waals surface area contributed by atoms with E-state index in [4.69, 9.17) is 9.84 Å². The minimum absolute atomic E-state index is 0.163. The molecular weight excluding hydrogens is 124 g/mol. The van der Waals surface area contributed by atoms with Crippen molar-refractivity contribution in [1.82, 2.24) is 0 Å². The predicted molar refractivity (Wildman–Crippen MR) is 27.8 cm³/mol. The van der Waals surface area contributed by atoms with E-state index in [0.29, 0.717) is 0 Å². The molecule has 0 bridgehead atoms. The van der Waals surface area contributed by atoms with E-state index in [1.165, 1.54) is 7.11 Å². The van der Waals surface area contributed by atoms with E-state index in [2.05, 4.69) is 4.74 Å². The number of methoxy groups -OCH3 is 1. The third-order valence-corrected chi connectivity index (χ3v) is 1.29. The van der Waals surface area contributed by atoms with Crippen LogP contribution in [0.4, 0.5) is 0 Å². The molecule has 1 aliphatic rings. The van der Waals surface area contributed by atoms with Crippen molar-refractivity contribution in [3.05, 3.63) is 0 Å². The van der Waals surface area contributed by atoms with Crippen LogP contribution < -0.4 is 0 Å². The Morgan fingerprint density at radius 1 is 1.89 bits per heavy atom. The van der Waals surface area contributed by atoms with E-state index in [1.54, 1.807) is 0 Å². The Hall–Kier alpha value is -0.610. The van der Waals surface area contributed by atoms with Crippen molar-refractivity contribution in [2.24, 2.45) is 0 Å². The molecule has 0 amide bonds. The van der Waals surface area contributed by atoms with Crippen LogP contribution in [0.5, 0.6) is 0 Å². The first-order valence-corrected chi connectivity index (χ1v) is 2.63. The second kappa shape index (κ2) is 2.33. The summed E-state index contributed by atoms with van der Waals surface area (Å²) in [5.41, 5.74) is 0. The van der Waals surface area contributed by atoms with E-state index in [-0.39, 0.29) is 6.61 Å². The van der Waals surface area contributed by atoms with Gasteiger partial charge in [-0.2, -0.15) is 0 Å². The van der Waals surface area contributed by atoms with E-state index >= 15 is 0 Å². The SMILES string of the molecule is CO[C@@H]1COC(=O)[C@@H]1O. The standard InChI is InChI=1S/C5H8O4/c1-8-3-2-9-5(7)4(3)6/h3-4,6H,2H2,1H3/t3-,4-/m1/s1. The summed E-state index contributed by atoms with van der Waals surface area (Å²) < 4.78 is 9.15. The third kappa shape index (κ3) is 1.04. The van der Waals surface area contributed by atoms with Crippen LogP contribution in [-0.4, -0.2) is 37.0 Å². The topological polar surface area (TPSA) is 55.8 Å². The number of rotatable bonds is 1. The van der Waals surface area contributed by atoms with Crippen molar-refractivity contribution in [2.45, 2.75) is 12.2 Å². The highest BCUT2D eigenvalue weighted by Crippen LogP contribution is 2.09. The third-order valence-electron chi connectivity index (χ3n) is 1.29. The summed E-state index contributed by atoms with van der Waals surface area (Å²) in [6.07, 6.45) is -1.56. The highest BCUT2D eigenvalue weighted by atomic mass is 16.6. The van der Waals surface area contributed by atoms with Gasteiger partial charge in [0.2, 0.25) is 0 Å². The molecule has 1 aliphatic heterocycles. The Labute approximate surface area is 52.4 Å². The Balaban J connectivity index is 2.51. The molecule has 0 aliphatic carbocycles. The summed E-state index contributed by atoms with van der Waals surface area (Å²) in [6.45, 7) is 0.163. The first-order chi connectivity index (χ1) is 4.25. The first kappa shape index (κ1) is 6.51. The lowest BCUT2D eigenvalue weighted by atomic mass is 10.2. The quantitative estimate of drug-likeness (QED) is 0.461. The van der Waals surface area contributed by atoms with Crippen LogP contribution in [0.3, 0.4) is 0 Å². The fraction of sp³-hybridized carbons (Fsp3) is 0.800. The summed E-state index contributed by atoms with van der Waals surface area (Å²) in [5.74, 6) is -0.596. The molecule has 0 radical (unpaired) electrons. The van der Waals surface area contributed by atoms with Crippen molar-refractivity contribution in [3.63, 3.8) is 0 Å². The smallest absolute Gasteiger partial charge is 0.337 e. The van der Waals surface area contributed by atoms with Crippen LogP contribution in [0, 0.1) is 0 Å². The number of cyclic esters (lactones) is 1. The Morgan fingerprint density at radius 2 is 2.56 bits per heavy atom. The summed E-state index contributed by atoms with van der Waals surface area (Å²) >= 11 is 0. The number of hydrogen-bond acceptors (Lipinski definition) is 4. The molecule has 1 rings (SSSR count). The average molecular weight is 132 g/mol. The largest absolute Gasteiger partial charge is 0.461 e. The van der Waals surface area contributed by atoms with Gasteiger partial charge >= 0.3 is 5.97 Å². The summed E-state index contributed by atoms with van der Waals surface area (Å²) in [4.78, 5) is 10.4. The first-order valence-electron chi connectivity index (χ1n) is 2.63. The fourth-order valence-electron chi connectivity index (χ4n) is 0.690. The maximum atomic E-state index is 10.4. The van der Waals surface area contributed by atoms with Gasteiger partial charge in [0, 0.05) is 7.11 Å². The molecule has 0 aromatic carbocycles. The van der Waals surface area contributed by atoms with Gasteiger partial charge in [-0.25, -0.2) is 4.79 Å². The minimum Gasteiger partial charge on any atom is -0.461 e. The molecule has 1 N–H and O–H groups in total. The van der Waals surface area contributed by atoms with Crippen molar-refractivity contribution in [2.75, 3.05) is 13.7 Å². The van der Waals surface area contributed by atoms with Crippen LogP contribution >= 0.6 is 0 Å². The molecule has 1 saturated heterocycles. The van der Waals surface area contributed by atoms with Crippen molar-refractivity contribution in [1.29, 1.82) is 0 Å². The molecule has 0 spiro atoms. The minimum atomic E-state index is -1.09. The molecule has 4 heteroatoms. The molecule has 0 unspecified atom stereocenters. The van der Waals surface area contributed by atoms with Gasteiger partial charge in [0.1, 0.15) is 12.7 Å². The lowest BCUT2D eigenvalue weighted by Gasteiger charge is -2.05. The van der Waals surface area contributed by atoms with E-state index in [9.17, 15) is 4.79 Å². The monoisotopic (exact) mass is 132 g/mol. The van der Waals surface area contributed by atoms with Crippen LogP contribution in [0.1, 0.15) is 0 Å². The maximum Gasteiger partial charge on any atom is 0.337 e. The second-order valence-electron chi connectivity index (χ2n) is 1.85. The Kier molecular flexibility index (Phi) is 1.68. The number of ether oxygens (including phenoxy) is 2. The lowest BCUT2D eigenvalue weighted by Crippen LogP contribution is -2.27. The van der Waals surface area contributed by atoms with E-state index in [0.717, 1.165) is 0 Å². The highest BCUT2D eigenvalue weighted by molar-refractivity contribution is 5.77.